The summed E-state index contributed by atoms with van der Waals surface area (Å²) in [5.41, 5.74) is 5.10. The van der Waals surface area contributed by atoms with E-state index in [1.54, 1.807) is 0 Å². The van der Waals surface area contributed by atoms with Crippen molar-refractivity contribution in [2.24, 2.45) is 0 Å². The van der Waals surface area contributed by atoms with Gasteiger partial charge in [0.05, 0.1) is 23.8 Å². The molecule has 0 saturated carbocycles. The Morgan fingerprint density at radius 2 is 2.11 bits per heavy atom. The quantitative estimate of drug-likeness (QED) is 0.465. The van der Waals surface area contributed by atoms with Gasteiger partial charge in [-0.3, -0.25) is 0 Å². The zero-order chi connectivity index (χ0) is 14.3. The summed E-state index contributed by atoms with van der Waals surface area (Å²) in [6.07, 6.45) is 0.468. The minimum Gasteiger partial charge on any atom is -0.396 e. The molecule has 0 aliphatic heterocycles. The highest BCUT2D eigenvalue weighted by Crippen LogP contribution is 2.16. The zero-order valence-corrected chi connectivity index (χ0v) is 11.1. The van der Waals surface area contributed by atoms with Crippen molar-refractivity contribution in [2.45, 2.75) is 11.3 Å². The highest BCUT2D eigenvalue weighted by Gasteiger charge is 2.14. The molecule has 8 heteroatoms. The molecule has 0 aliphatic rings. The van der Waals surface area contributed by atoms with Crippen molar-refractivity contribution in [3.63, 3.8) is 0 Å². The molecule has 1 rings (SSSR count). The van der Waals surface area contributed by atoms with Crippen LogP contribution in [0, 0.1) is 5.82 Å². The molecule has 19 heavy (non-hydrogen) atoms. The molecule has 4 N–H and O–H groups in total. The fourth-order valence-electron chi connectivity index (χ4n) is 1.32. The second-order valence-corrected chi connectivity index (χ2v) is 5.54. The number of halogens is 1. The van der Waals surface area contributed by atoms with E-state index in [2.05, 4.69) is 4.72 Å². The third-order valence-corrected chi connectivity index (χ3v) is 3.73. The second-order valence-electron chi connectivity index (χ2n) is 3.77. The van der Waals surface area contributed by atoms with Gasteiger partial charge in [-0.1, -0.05) is 0 Å². The minimum absolute atomic E-state index is 0.0689. The molecule has 1 aromatic rings. The van der Waals surface area contributed by atoms with Crippen LogP contribution in [0.5, 0.6) is 0 Å². The summed E-state index contributed by atoms with van der Waals surface area (Å²) in [7, 11) is -3.69. The van der Waals surface area contributed by atoms with Crippen LogP contribution in [0.3, 0.4) is 0 Å². The van der Waals surface area contributed by atoms with Crippen LogP contribution in [-0.2, 0) is 14.8 Å². The number of sulfonamides is 1. The number of nitrogens with two attached hydrogens (primary N) is 1. The van der Waals surface area contributed by atoms with Crippen LogP contribution in [-0.4, -0.2) is 39.9 Å². The van der Waals surface area contributed by atoms with Gasteiger partial charge in [0.1, 0.15) is 5.82 Å². The Hall–Kier alpha value is -1.22. The van der Waals surface area contributed by atoms with E-state index in [4.69, 9.17) is 15.6 Å². The lowest BCUT2D eigenvalue weighted by atomic mass is 10.3. The predicted octanol–water partition coefficient (Wildman–Crippen LogP) is 0.0852. The number of hydrogen-bond donors (Lipinski definition) is 3. The number of ether oxygens (including phenoxy) is 1. The Balaban J connectivity index is 2.49. The van der Waals surface area contributed by atoms with Crippen LogP contribution in [0.15, 0.2) is 23.1 Å². The average Bonchev–Trinajstić information content (AvgIpc) is 2.36. The van der Waals surface area contributed by atoms with Crippen molar-refractivity contribution in [1.82, 2.24) is 4.72 Å². The summed E-state index contributed by atoms with van der Waals surface area (Å²) in [6.45, 7) is 0.682. The molecule has 0 spiro atoms. The van der Waals surface area contributed by atoms with Crippen LogP contribution < -0.4 is 10.5 Å². The second kappa shape index (κ2) is 7.39. The maximum atomic E-state index is 12.9. The van der Waals surface area contributed by atoms with Gasteiger partial charge in [-0.05, 0) is 24.6 Å². The van der Waals surface area contributed by atoms with E-state index in [1.807, 2.05) is 0 Å². The van der Waals surface area contributed by atoms with Gasteiger partial charge in [0.25, 0.3) is 0 Å². The number of benzene rings is 1. The summed E-state index contributed by atoms with van der Waals surface area (Å²) >= 11 is 0. The Morgan fingerprint density at radius 3 is 2.74 bits per heavy atom. The van der Waals surface area contributed by atoms with E-state index in [1.165, 1.54) is 0 Å². The molecule has 0 atom stereocenters. The van der Waals surface area contributed by atoms with Gasteiger partial charge in [-0.2, -0.15) is 0 Å². The summed E-state index contributed by atoms with van der Waals surface area (Å²) in [5, 5.41) is 8.47. The summed E-state index contributed by atoms with van der Waals surface area (Å²) < 4.78 is 43.9. The summed E-state index contributed by atoms with van der Waals surface area (Å²) in [6, 6.07) is 3.23. The zero-order valence-electron chi connectivity index (χ0n) is 10.3. The first-order valence-electron chi connectivity index (χ1n) is 5.70. The third kappa shape index (κ3) is 5.11. The highest BCUT2D eigenvalue weighted by atomic mass is 32.2. The number of hydrogen-bond acceptors (Lipinski definition) is 5. The van der Waals surface area contributed by atoms with E-state index in [9.17, 15) is 12.8 Å². The largest absolute Gasteiger partial charge is 0.396 e. The van der Waals surface area contributed by atoms with Gasteiger partial charge < -0.3 is 15.6 Å². The first kappa shape index (κ1) is 15.8. The van der Waals surface area contributed by atoms with Crippen molar-refractivity contribution in [3.8, 4) is 0 Å². The Bertz CT molecular complexity index is 507. The smallest absolute Gasteiger partial charge is 0.240 e. The summed E-state index contributed by atoms with van der Waals surface area (Å²) in [4.78, 5) is -0.0809. The number of aliphatic hydroxyl groups excluding tert-OH is 1. The van der Waals surface area contributed by atoms with E-state index >= 15 is 0 Å². The molecule has 0 saturated heterocycles. The van der Waals surface area contributed by atoms with Crippen molar-refractivity contribution in [1.29, 1.82) is 0 Å². The number of rotatable bonds is 8. The number of nitrogen functional groups attached to an aromatic ring is 1. The van der Waals surface area contributed by atoms with Crippen molar-refractivity contribution in [2.75, 3.05) is 32.1 Å². The third-order valence-electron chi connectivity index (χ3n) is 2.27. The van der Waals surface area contributed by atoms with Crippen molar-refractivity contribution < 1.29 is 22.7 Å². The van der Waals surface area contributed by atoms with Gasteiger partial charge >= 0.3 is 0 Å². The maximum Gasteiger partial charge on any atom is 0.240 e. The van der Waals surface area contributed by atoms with Crippen LogP contribution in [0.4, 0.5) is 10.1 Å². The molecule has 6 nitrogen and oxygen atoms in total. The SMILES string of the molecule is Nc1cc(S(=O)(=O)NCCCOCCO)ccc1F. The molecular weight excluding hydrogens is 275 g/mol. The van der Waals surface area contributed by atoms with Gasteiger partial charge in [0.2, 0.25) is 10.0 Å². The Labute approximate surface area is 111 Å². The molecule has 0 bridgehead atoms. The molecule has 0 radical (unpaired) electrons. The number of aliphatic hydroxyl groups is 1. The fraction of sp³-hybridized carbons (Fsp3) is 0.455. The maximum absolute atomic E-state index is 12.9. The predicted molar refractivity (Wildman–Crippen MR) is 68.5 cm³/mol. The van der Waals surface area contributed by atoms with E-state index in [-0.39, 0.29) is 30.3 Å². The van der Waals surface area contributed by atoms with Crippen molar-refractivity contribution in [3.05, 3.63) is 24.0 Å². The van der Waals surface area contributed by atoms with E-state index < -0.39 is 15.8 Å². The minimum atomic E-state index is -3.69. The molecule has 0 aliphatic carbocycles. The van der Waals surface area contributed by atoms with Gasteiger partial charge in [0, 0.05) is 13.2 Å². The van der Waals surface area contributed by atoms with E-state index in [0.717, 1.165) is 18.2 Å². The van der Waals surface area contributed by atoms with Gasteiger partial charge in [-0.15, -0.1) is 0 Å². The standard InChI is InChI=1S/C11H17FN2O4S/c12-10-3-2-9(8-11(10)13)19(16,17)14-4-1-6-18-7-5-15/h2-3,8,14-15H,1,4-7,13H2. The topological polar surface area (TPSA) is 102 Å². The molecular formula is C11H17FN2O4S. The highest BCUT2D eigenvalue weighted by molar-refractivity contribution is 7.89. The van der Waals surface area contributed by atoms with Crippen LogP contribution in [0.1, 0.15) is 6.42 Å². The summed E-state index contributed by atoms with van der Waals surface area (Å²) in [5.74, 6) is -0.656. The normalized spacial score (nSPS) is 11.7. The fourth-order valence-corrected chi connectivity index (χ4v) is 2.43. The van der Waals surface area contributed by atoms with Crippen LogP contribution in [0.2, 0.25) is 0 Å². The van der Waals surface area contributed by atoms with Crippen LogP contribution in [0.25, 0.3) is 0 Å². The van der Waals surface area contributed by atoms with Gasteiger partial charge in [-0.25, -0.2) is 17.5 Å². The lowest BCUT2D eigenvalue weighted by Gasteiger charge is -2.08. The first-order valence-corrected chi connectivity index (χ1v) is 7.19. The lowest BCUT2D eigenvalue weighted by Crippen LogP contribution is -2.25. The lowest BCUT2D eigenvalue weighted by molar-refractivity contribution is 0.0913. The van der Waals surface area contributed by atoms with Crippen molar-refractivity contribution >= 4 is 15.7 Å². The average molecular weight is 292 g/mol. The molecule has 1 aromatic carbocycles. The van der Waals surface area contributed by atoms with Gasteiger partial charge in [0.15, 0.2) is 0 Å². The molecule has 108 valence electrons. The molecule has 0 unspecified atom stereocenters. The molecule has 0 fully saturated rings. The number of nitrogens with one attached hydrogen (secondary N) is 1. The molecule has 0 aromatic heterocycles. The first-order chi connectivity index (χ1) is 8.97. The Morgan fingerprint density at radius 1 is 1.37 bits per heavy atom. The monoisotopic (exact) mass is 292 g/mol. The Kier molecular flexibility index (Phi) is 6.16. The number of anilines is 1. The molecule has 0 heterocycles. The van der Waals surface area contributed by atoms with E-state index in [0.29, 0.717) is 13.0 Å². The molecule has 0 amide bonds. The van der Waals surface area contributed by atoms with Crippen LogP contribution >= 0.6 is 0 Å².